The van der Waals surface area contributed by atoms with Crippen LogP contribution in [0.1, 0.15) is 11.4 Å². The summed E-state index contributed by atoms with van der Waals surface area (Å²) in [5, 5.41) is 4.06. The van der Waals surface area contributed by atoms with Gasteiger partial charge in [0.15, 0.2) is 0 Å². The fraction of sp³-hybridized carbons (Fsp3) is 0.462. The van der Waals surface area contributed by atoms with Gasteiger partial charge in [-0.05, 0) is 32.6 Å². The van der Waals surface area contributed by atoms with Crippen molar-refractivity contribution in [3.8, 4) is 5.88 Å². The molecule has 0 amide bonds. The Bertz CT molecular complexity index is 543. The van der Waals surface area contributed by atoms with E-state index in [1.54, 1.807) is 6.20 Å². The molecule has 0 saturated carbocycles. The second-order valence-electron chi connectivity index (χ2n) is 4.65. The molecule has 0 unspecified atom stereocenters. The summed E-state index contributed by atoms with van der Waals surface area (Å²) in [5.74, 6) is 1.44. The van der Waals surface area contributed by atoms with Gasteiger partial charge in [0, 0.05) is 36.9 Å². The van der Waals surface area contributed by atoms with Crippen molar-refractivity contribution in [2.45, 2.75) is 13.5 Å². The summed E-state index contributed by atoms with van der Waals surface area (Å²) in [7, 11) is 4.03. The maximum Gasteiger partial charge on any atom is 0.213 e. The van der Waals surface area contributed by atoms with Gasteiger partial charge in [0.25, 0.3) is 0 Å². The van der Waals surface area contributed by atoms with E-state index in [0.29, 0.717) is 19.0 Å². The molecule has 2 aromatic rings. The average Bonchev–Trinajstić information content (AvgIpc) is 2.82. The Morgan fingerprint density at radius 1 is 1.40 bits per heavy atom. The number of likely N-dealkylation sites (N-methyl/N-ethyl adjacent to an activating group) is 1. The van der Waals surface area contributed by atoms with Crippen LogP contribution in [0.25, 0.3) is 0 Å². The first-order chi connectivity index (χ1) is 9.63. The molecule has 2 aromatic heterocycles. The number of pyridine rings is 1. The average molecular weight is 293 g/mol. The quantitative estimate of drug-likeness (QED) is 0.840. The maximum absolute atomic E-state index is 5.61. The minimum atomic E-state index is 0.631. The topological polar surface area (TPSA) is 63.2 Å². The summed E-state index contributed by atoms with van der Waals surface area (Å²) < 4.78 is 9.74. The van der Waals surface area contributed by atoms with Crippen molar-refractivity contribution in [3.05, 3.63) is 29.7 Å². The summed E-state index contributed by atoms with van der Waals surface area (Å²) in [5.41, 5.74) is 1.10. The van der Waals surface area contributed by atoms with Gasteiger partial charge in [-0.2, -0.15) is 4.37 Å². The highest BCUT2D eigenvalue weighted by Gasteiger charge is 2.02. The van der Waals surface area contributed by atoms with Crippen molar-refractivity contribution in [3.63, 3.8) is 0 Å². The molecule has 0 fully saturated rings. The molecule has 0 aromatic carbocycles. The molecule has 7 heteroatoms. The van der Waals surface area contributed by atoms with Crippen molar-refractivity contribution in [1.29, 1.82) is 0 Å². The summed E-state index contributed by atoms with van der Waals surface area (Å²) >= 11 is 1.37. The monoisotopic (exact) mass is 293 g/mol. The molecule has 0 aliphatic rings. The van der Waals surface area contributed by atoms with Crippen LogP contribution >= 0.6 is 11.5 Å². The summed E-state index contributed by atoms with van der Waals surface area (Å²) in [6, 6.07) is 3.90. The Morgan fingerprint density at radius 3 is 2.95 bits per heavy atom. The van der Waals surface area contributed by atoms with E-state index in [0.717, 1.165) is 23.1 Å². The van der Waals surface area contributed by atoms with Gasteiger partial charge in [0.1, 0.15) is 12.4 Å². The predicted octanol–water partition coefficient (Wildman–Crippen LogP) is 1.79. The van der Waals surface area contributed by atoms with Gasteiger partial charge >= 0.3 is 0 Å². The van der Waals surface area contributed by atoms with E-state index >= 15 is 0 Å². The van der Waals surface area contributed by atoms with Crippen molar-refractivity contribution >= 4 is 16.7 Å². The third kappa shape index (κ3) is 4.75. The Hall–Kier alpha value is -1.73. The molecule has 0 aliphatic carbocycles. The number of ether oxygens (including phenoxy) is 1. The van der Waals surface area contributed by atoms with Crippen LogP contribution in [0.3, 0.4) is 0 Å². The lowest BCUT2D eigenvalue weighted by molar-refractivity contribution is 0.253. The van der Waals surface area contributed by atoms with Gasteiger partial charge in [0.2, 0.25) is 11.0 Å². The van der Waals surface area contributed by atoms with Crippen LogP contribution in [0, 0.1) is 6.92 Å². The first-order valence-corrected chi connectivity index (χ1v) is 7.17. The third-order valence-electron chi connectivity index (χ3n) is 2.56. The Kier molecular flexibility index (Phi) is 5.25. The molecular weight excluding hydrogens is 274 g/mol. The fourth-order valence-electron chi connectivity index (χ4n) is 1.52. The fourth-order valence-corrected chi connectivity index (χ4v) is 2.09. The number of nitrogens with one attached hydrogen (secondary N) is 1. The van der Waals surface area contributed by atoms with Gasteiger partial charge < -0.3 is 15.0 Å². The first kappa shape index (κ1) is 14.7. The Labute approximate surface area is 123 Å². The molecule has 0 aliphatic heterocycles. The lowest BCUT2D eigenvalue weighted by atomic mass is 10.2. The minimum absolute atomic E-state index is 0.631. The van der Waals surface area contributed by atoms with E-state index in [4.69, 9.17) is 4.74 Å². The molecule has 0 radical (unpaired) electrons. The van der Waals surface area contributed by atoms with Gasteiger partial charge in [0.05, 0.1) is 0 Å². The maximum atomic E-state index is 5.61. The largest absolute Gasteiger partial charge is 0.476 e. The zero-order valence-corrected chi connectivity index (χ0v) is 12.8. The van der Waals surface area contributed by atoms with E-state index in [1.807, 2.05) is 33.2 Å². The van der Waals surface area contributed by atoms with E-state index in [-0.39, 0.29) is 0 Å². The van der Waals surface area contributed by atoms with E-state index < -0.39 is 0 Å². The molecule has 0 saturated heterocycles. The second-order valence-corrected chi connectivity index (χ2v) is 5.41. The number of hydrogen-bond acceptors (Lipinski definition) is 7. The van der Waals surface area contributed by atoms with Crippen LogP contribution in [0.4, 0.5) is 5.13 Å². The molecule has 108 valence electrons. The predicted molar refractivity (Wildman–Crippen MR) is 80.3 cm³/mol. The van der Waals surface area contributed by atoms with Gasteiger partial charge in [-0.1, -0.05) is 0 Å². The molecule has 0 spiro atoms. The highest BCUT2D eigenvalue weighted by atomic mass is 32.1. The summed E-state index contributed by atoms with van der Waals surface area (Å²) in [4.78, 5) is 10.5. The van der Waals surface area contributed by atoms with Crippen LogP contribution in [-0.2, 0) is 6.54 Å². The summed E-state index contributed by atoms with van der Waals surface area (Å²) in [6.07, 6.45) is 1.76. The summed E-state index contributed by atoms with van der Waals surface area (Å²) in [6.45, 7) is 4.06. The Balaban J connectivity index is 1.85. The highest BCUT2D eigenvalue weighted by Crippen LogP contribution is 2.14. The third-order valence-corrected chi connectivity index (χ3v) is 3.32. The number of anilines is 1. The normalized spacial score (nSPS) is 10.8. The lowest BCUT2D eigenvalue weighted by Gasteiger charge is -2.11. The van der Waals surface area contributed by atoms with E-state index in [1.165, 1.54) is 11.5 Å². The molecule has 1 N–H and O–H groups in total. The zero-order chi connectivity index (χ0) is 14.4. The standard InChI is InChI=1S/C13H19N5OS/c1-10-16-13(20-17-10)15-9-11-4-5-14-12(8-11)19-7-6-18(2)3/h4-5,8H,6-7,9H2,1-3H3,(H,15,16,17). The van der Waals surface area contributed by atoms with Crippen molar-refractivity contribution in [2.24, 2.45) is 0 Å². The second kappa shape index (κ2) is 7.16. The Morgan fingerprint density at radius 2 is 2.25 bits per heavy atom. The smallest absolute Gasteiger partial charge is 0.213 e. The van der Waals surface area contributed by atoms with Crippen LogP contribution in [0.5, 0.6) is 5.88 Å². The van der Waals surface area contributed by atoms with Crippen LogP contribution < -0.4 is 10.1 Å². The first-order valence-electron chi connectivity index (χ1n) is 6.40. The van der Waals surface area contributed by atoms with Crippen molar-refractivity contribution in [1.82, 2.24) is 19.2 Å². The molecular formula is C13H19N5OS. The van der Waals surface area contributed by atoms with Crippen LogP contribution in [0.2, 0.25) is 0 Å². The number of nitrogens with zero attached hydrogens (tertiary/aromatic N) is 4. The molecule has 20 heavy (non-hydrogen) atoms. The van der Waals surface area contributed by atoms with Gasteiger partial charge in [-0.25, -0.2) is 9.97 Å². The minimum Gasteiger partial charge on any atom is -0.476 e. The zero-order valence-electron chi connectivity index (χ0n) is 12.0. The molecule has 6 nitrogen and oxygen atoms in total. The van der Waals surface area contributed by atoms with Crippen LogP contribution in [-0.4, -0.2) is 46.5 Å². The molecule has 0 bridgehead atoms. The van der Waals surface area contributed by atoms with Crippen molar-refractivity contribution < 1.29 is 4.74 Å². The SMILES string of the molecule is Cc1nsc(NCc2ccnc(OCCN(C)C)c2)n1. The number of hydrogen-bond donors (Lipinski definition) is 1. The van der Waals surface area contributed by atoms with E-state index in [2.05, 4.69) is 24.6 Å². The number of rotatable bonds is 7. The number of aryl methyl sites for hydroxylation is 1. The highest BCUT2D eigenvalue weighted by molar-refractivity contribution is 7.09. The van der Waals surface area contributed by atoms with Gasteiger partial charge in [-0.15, -0.1) is 0 Å². The van der Waals surface area contributed by atoms with E-state index in [9.17, 15) is 0 Å². The number of aromatic nitrogens is 3. The van der Waals surface area contributed by atoms with Crippen LogP contribution in [0.15, 0.2) is 18.3 Å². The van der Waals surface area contributed by atoms with Crippen molar-refractivity contribution in [2.75, 3.05) is 32.6 Å². The molecule has 2 heterocycles. The molecule has 2 rings (SSSR count). The van der Waals surface area contributed by atoms with Gasteiger partial charge in [-0.3, -0.25) is 0 Å². The lowest BCUT2D eigenvalue weighted by Crippen LogP contribution is -2.19. The molecule has 0 atom stereocenters.